The fourth-order valence-electron chi connectivity index (χ4n) is 3.02. The van der Waals surface area contributed by atoms with Crippen LogP contribution >= 0.6 is 0 Å². The molecule has 2 unspecified atom stereocenters. The third-order valence-corrected chi connectivity index (χ3v) is 3.98. The third-order valence-electron chi connectivity index (χ3n) is 3.98. The average molecular weight is 227 g/mol. The fraction of sp³-hybridized carbons (Fsp3) is 0.500. The molecule has 2 aliphatic heterocycles. The second-order valence-corrected chi connectivity index (χ2v) is 5.02. The van der Waals surface area contributed by atoms with E-state index in [-0.39, 0.29) is 0 Å². The van der Waals surface area contributed by atoms with Crippen molar-refractivity contribution in [2.45, 2.75) is 31.5 Å². The summed E-state index contributed by atoms with van der Waals surface area (Å²) in [5, 5.41) is 12.3. The molecule has 0 radical (unpaired) electrons. The molecule has 1 aromatic rings. The van der Waals surface area contributed by atoms with E-state index in [1.54, 1.807) is 0 Å². The molecule has 2 heterocycles. The molecular formula is C14H17N3. The molecule has 0 saturated carbocycles. The smallest absolute Gasteiger partial charge is 0.0991 e. The molecule has 1 aromatic carbocycles. The fourth-order valence-corrected chi connectivity index (χ4v) is 3.02. The monoisotopic (exact) mass is 227 g/mol. The van der Waals surface area contributed by atoms with E-state index in [1.165, 1.54) is 18.4 Å². The molecule has 0 amide bonds. The summed E-state index contributed by atoms with van der Waals surface area (Å²) in [7, 11) is 0. The van der Waals surface area contributed by atoms with Crippen molar-refractivity contribution in [1.82, 2.24) is 10.2 Å². The summed E-state index contributed by atoms with van der Waals surface area (Å²) in [6, 6.07) is 11.6. The summed E-state index contributed by atoms with van der Waals surface area (Å²) in [4.78, 5) is 2.62. The van der Waals surface area contributed by atoms with Crippen molar-refractivity contribution in [2.75, 3.05) is 13.1 Å². The average Bonchev–Trinajstić information content (AvgIpc) is 2.62. The number of hydrogen-bond donors (Lipinski definition) is 1. The highest BCUT2D eigenvalue weighted by Gasteiger charge is 2.35. The van der Waals surface area contributed by atoms with Crippen molar-refractivity contribution in [1.29, 1.82) is 5.26 Å². The van der Waals surface area contributed by atoms with Gasteiger partial charge in [-0.3, -0.25) is 4.90 Å². The maximum atomic E-state index is 8.78. The second kappa shape index (κ2) is 4.48. The van der Waals surface area contributed by atoms with Gasteiger partial charge in [0.05, 0.1) is 11.6 Å². The Morgan fingerprint density at radius 1 is 1.18 bits per heavy atom. The zero-order valence-corrected chi connectivity index (χ0v) is 9.89. The standard InChI is InChI=1S/C14H17N3/c15-7-11-1-3-12(4-2-11)10-17-13-5-6-14(17)9-16-8-13/h1-4,13-14,16H,5-6,8-10H2. The van der Waals surface area contributed by atoms with E-state index in [0.29, 0.717) is 12.1 Å². The summed E-state index contributed by atoms with van der Waals surface area (Å²) >= 11 is 0. The van der Waals surface area contributed by atoms with E-state index in [2.05, 4.69) is 28.4 Å². The minimum Gasteiger partial charge on any atom is -0.314 e. The summed E-state index contributed by atoms with van der Waals surface area (Å²) in [6.07, 6.45) is 2.65. The van der Waals surface area contributed by atoms with Gasteiger partial charge in [-0.25, -0.2) is 0 Å². The summed E-state index contributed by atoms with van der Waals surface area (Å²) < 4.78 is 0. The van der Waals surface area contributed by atoms with Gasteiger partial charge in [-0.1, -0.05) is 12.1 Å². The molecule has 3 nitrogen and oxygen atoms in total. The molecule has 0 aliphatic carbocycles. The zero-order chi connectivity index (χ0) is 11.7. The first-order valence-corrected chi connectivity index (χ1v) is 6.32. The molecule has 2 atom stereocenters. The lowest BCUT2D eigenvalue weighted by Crippen LogP contribution is -2.51. The predicted octanol–water partition coefficient (Wildman–Crippen LogP) is 1.49. The predicted molar refractivity (Wildman–Crippen MR) is 66.4 cm³/mol. The Morgan fingerprint density at radius 2 is 1.82 bits per heavy atom. The Hall–Kier alpha value is -1.37. The van der Waals surface area contributed by atoms with Crippen LogP contribution in [0.4, 0.5) is 0 Å². The van der Waals surface area contributed by atoms with Crippen molar-refractivity contribution in [3.8, 4) is 6.07 Å². The van der Waals surface area contributed by atoms with E-state index < -0.39 is 0 Å². The van der Waals surface area contributed by atoms with Crippen molar-refractivity contribution in [2.24, 2.45) is 0 Å². The number of fused-ring (bicyclic) bond motifs is 2. The summed E-state index contributed by atoms with van der Waals surface area (Å²) in [6.45, 7) is 3.29. The van der Waals surface area contributed by atoms with Gasteiger partial charge < -0.3 is 5.32 Å². The molecule has 2 bridgehead atoms. The summed E-state index contributed by atoms with van der Waals surface area (Å²) in [5.74, 6) is 0. The first kappa shape index (κ1) is 10.8. The molecule has 3 heteroatoms. The number of hydrogen-bond acceptors (Lipinski definition) is 3. The molecule has 2 saturated heterocycles. The highest BCUT2D eigenvalue weighted by atomic mass is 15.3. The highest BCUT2D eigenvalue weighted by Crippen LogP contribution is 2.28. The minimum atomic E-state index is 0.712. The molecule has 1 N–H and O–H groups in total. The van der Waals surface area contributed by atoms with Crippen molar-refractivity contribution in [3.63, 3.8) is 0 Å². The van der Waals surface area contributed by atoms with E-state index in [9.17, 15) is 0 Å². The van der Waals surface area contributed by atoms with Gasteiger partial charge in [-0.2, -0.15) is 5.26 Å². The van der Waals surface area contributed by atoms with Crippen LogP contribution in [-0.2, 0) is 6.54 Å². The van der Waals surface area contributed by atoms with Crippen molar-refractivity contribution < 1.29 is 0 Å². The molecule has 2 aliphatic rings. The Labute approximate surface area is 102 Å². The van der Waals surface area contributed by atoms with E-state index in [1.807, 2.05) is 12.1 Å². The Kier molecular flexibility index (Phi) is 2.84. The molecule has 0 aromatic heterocycles. The largest absolute Gasteiger partial charge is 0.314 e. The minimum absolute atomic E-state index is 0.712. The highest BCUT2D eigenvalue weighted by molar-refractivity contribution is 5.31. The van der Waals surface area contributed by atoms with Crippen LogP contribution in [-0.4, -0.2) is 30.1 Å². The topological polar surface area (TPSA) is 39.1 Å². The lowest BCUT2D eigenvalue weighted by Gasteiger charge is -2.35. The number of rotatable bonds is 2. The van der Waals surface area contributed by atoms with E-state index >= 15 is 0 Å². The van der Waals surface area contributed by atoms with E-state index in [0.717, 1.165) is 25.2 Å². The van der Waals surface area contributed by atoms with Gasteiger partial charge in [0.1, 0.15) is 0 Å². The van der Waals surface area contributed by atoms with Crippen LogP contribution in [0.5, 0.6) is 0 Å². The van der Waals surface area contributed by atoms with Gasteiger partial charge in [-0.05, 0) is 30.5 Å². The van der Waals surface area contributed by atoms with Gasteiger partial charge in [0.25, 0.3) is 0 Å². The maximum absolute atomic E-state index is 8.78. The first-order chi connectivity index (χ1) is 8.36. The quantitative estimate of drug-likeness (QED) is 0.832. The van der Waals surface area contributed by atoms with Gasteiger partial charge in [0.15, 0.2) is 0 Å². The van der Waals surface area contributed by atoms with Gasteiger partial charge in [-0.15, -0.1) is 0 Å². The maximum Gasteiger partial charge on any atom is 0.0991 e. The van der Waals surface area contributed by atoms with Crippen molar-refractivity contribution in [3.05, 3.63) is 35.4 Å². The normalized spacial score (nSPS) is 27.9. The molecule has 17 heavy (non-hydrogen) atoms. The lowest BCUT2D eigenvalue weighted by molar-refractivity contribution is 0.145. The summed E-state index contributed by atoms with van der Waals surface area (Å²) in [5.41, 5.74) is 2.07. The molecule has 2 fully saturated rings. The number of nitrogens with one attached hydrogen (secondary N) is 1. The van der Waals surface area contributed by atoms with Crippen LogP contribution in [0.25, 0.3) is 0 Å². The molecule has 3 rings (SSSR count). The van der Waals surface area contributed by atoms with Gasteiger partial charge in [0.2, 0.25) is 0 Å². The van der Waals surface area contributed by atoms with Crippen LogP contribution in [0.3, 0.4) is 0 Å². The van der Waals surface area contributed by atoms with Crippen LogP contribution in [0.1, 0.15) is 24.0 Å². The second-order valence-electron chi connectivity index (χ2n) is 5.02. The Bertz CT molecular complexity index is 416. The number of piperazine rings is 1. The van der Waals surface area contributed by atoms with Crippen LogP contribution in [0.2, 0.25) is 0 Å². The number of nitriles is 1. The Morgan fingerprint density at radius 3 is 2.41 bits per heavy atom. The van der Waals surface area contributed by atoms with Crippen molar-refractivity contribution >= 4 is 0 Å². The van der Waals surface area contributed by atoms with Gasteiger partial charge in [0, 0.05) is 31.7 Å². The number of benzene rings is 1. The van der Waals surface area contributed by atoms with Gasteiger partial charge >= 0.3 is 0 Å². The Balaban J connectivity index is 1.72. The first-order valence-electron chi connectivity index (χ1n) is 6.32. The van der Waals surface area contributed by atoms with E-state index in [4.69, 9.17) is 5.26 Å². The number of nitrogens with zero attached hydrogens (tertiary/aromatic N) is 2. The zero-order valence-electron chi connectivity index (χ0n) is 9.89. The third kappa shape index (κ3) is 2.06. The SMILES string of the molecule is N#Cc1ccc(CN2C3CCC2CNC3)cc1. The van der Waals surface area contributed by atoms with Crippen LogP contribution in [0, 0.1) is 11.3 Å². The lowest BCUT2D eigenvalue weighted by atomic mass is 10.1. The molecule has 0 spiro atoms. The molecule has 88 valence electrons. The van der Waals surface area contributed by atoms with Crippen LogP contribution < -0.4 is 5.32 Å². The molecular weight excluding hydrogens is 210 g/mol. The van der Waals surface area contributed by atoms with Crippen LogP contribution in [0.15, 0.2) is 24.3 Å².